The molecule has 0 amide bonds. The highest BCUT2D eigenvalue weighted by atomic mass is 32.2. The number of nitrogens with one attached hydrogen (secondary N) is 1. The molecule has 8 heteroatoms. The average Bonchev–Trinajstić information content (AvgIpc) is 3.26. The Hall–Kier alpha value is -1.28. The molecule has 2 unspecified atom stereocenters. The van der Waals surface area contributed by atoms with Crippen molar-refractivity contribution in [2.45, 2.75) is 31.1 Å². The van der Waals surface area contributed by atoms with Gasteiger partial charge >= 0.3 is 12.1 Å². The molecule has 1 aromatic carbocycles. The van der Waals surface area contributed by atoms with Crippen LogP contribution in [0.4, 0.5) is 17.6 Å². The van der Waals surface area contributed by atoms with Crippen LogP contribution in [0.2, 0.25) is 0 Å². The molecule has 0 heterocycles. The molecule has 2 rings (SSSR count). The SMILES string of the molecule is O=C(O)C(CSCC1CC1)NC(c1ccc(F)cc1)C(F)(F)F. The fraction of sp³-hybridized carbons (Fsp3) is 0.533. The van der Waals surface area contributed by atoms with Crippen LogP contribution in [0, 0.1) is 11.7 Å². The Morgan fingerprint density at radius 2 is 1.91 bits per heavy atom. The number of aliphatic carboxylic acids is 1. The molecule has 1 aliphatic carbocycles. The topological polar surface area (TPSA) is 49.3 Å². The molecule has 1 fully saturated rings. The summed E-state index contributed by atoms with van der Waals surface area (Å²) in [5.41, 5.74) is -0.211. The summed E-state index contributed by atoms with van der Waals surface area (Å²) in [5, 5.41) is 11.3. The van der Waals surface area contributed by atoms with Crippen molar-refractivity contribution < 1.29 is 27.5 Å². The molecule has 0 aromatic heterocycles. The largest absolute Gasteiger partial charge is 0.480 e. The average molecular weight is 351 g/mol. The van der Waals surface area contributed by atoms with Crippen LogP contribution in [0.5, 0.6) is 0 Å². The van der Waals surface area contributed by atoms with E-state index >= 15 is 0 Å². The van der Waals surface area contributed by atoms with Crippen molar-refractivity contribution in [3.05, 3.63) is 35.6 Å². The van der Waals surface area contributed by atoms with Crippen molar-refractivity contribution >= 4 is 17.7 Å². The van der Waals surface area contributed by atoms with E-state index in [4.69, 9.17) is 5.11 Å². The second kappa shape index (κ2) is 7.53. The van der Waals surface area contributed by atoms with Crippen molar-refractivity contribution in [2.75, 3.05) is 11.5 Å². The van der Waals surface area contributed by atoms with E-state index in [-0.39, 0.29) is 11.3 Å². The quantitative estimate of drug-likeness (QED) is 0.703. The molecule has 0 bridgehead atoms. The Labute approximate surface area is 135 Å². The maximum Gasteiger partial charge on any atom is 0.407 e. The number of hydrogen-bond acceptors (Lipinski definition) is 3. The first kappa shape index (κ1) is 18.1. The van der Waals surface area contributed by atoms with Crippen molar-refractivity contribution in [3.8, 4) is 0 Å². The van der Waals surface area contributed by atoms with Gasteiger partial charge in [0.1, 0.15) is 17.9 Å². The predicted molar refractivity (Wildman–Crippen MR) is 79.8 cm³/mol. The molecule has 2 atom stereocenters. The summed E-state index contributed by atoms with van der Waals surface area (Å²) in [6, 6.07) is 0.398. The zero-order valence-electron chi connectivity index (χ0n) is 12.1. The maximum atomic E-state index is 13.2. The van der Waals surface area contributed by atoms with E-state index in [1.165, 1.54) is 11.8 Å². The van der Waals surface area contributed by atoms with Gasteiger partial charge in [-0.15, -0.1) is 0 Å². The minimum absolute atomic E-state index is 0.0552. The first-order valence-corrected chi connectivity index (χ1v) is 8.31. The van der Waals surface area contributed by atoms with Gasteiger partial charge in [-0.2, -0.15) is 24.9 Å². The third-order valence-electron chi connectivity index (χ3n) is 3.53. The van der Waals surface area contributed by atoms with Crippen LogP contribution in [0.15, 0.2) is 24.3 Å². The molecule has 0 aliphatic heterocycles. The molecule has 1 aromatic rings. The standard InChI is InChI=1S/C15H17F4NO2S/c16-11-5-3-10(4-6-11)13(15(17,18)19)20-12(14(21)22)8-23-7-9-1-2-9/h3-6,9,12-13,20H,1-2,7-8H2,(H,21,22). The predicted octanol–water partition coefficient (Wildman–Crippen LogP) is 3.62. The van der Waals surface area contributed by atoms with Gasteiger partial charge < -0.3 is 5.11 Å². The number of rotatable bonds is 8. The zero-order chi connectivity index (χ0) is 17.0. The molecule has 0 saturated heterocycles. The number of benzene rings is 1. The number of halogens is 4. The van der Waals surface area contributed by atoms with Crippen LogP contribution in [-0.4, -0.2) is 34.8 Å². The monoisotopic (exact) mass is 351 g/mol. The molecule has 1 aliphatic rings. The molecular formula is C15H17F4NO2S. The highest BCUT2D eigenvalue weighted by Gasteiger charge is 2.42. The van der Waals surface area contributed by atoms with E-state index in [0.29, 0.717) is 5.92 Å². The summed E-state index contributed by atoms with van der Waals surface area (Å²) in [6.07, 6.45) is -2.48. The highest BCUT2D eigenvalue weighted by molar-refractivity contribution is 7.99. The molecule has 0 spiro atoms. The normalized spacial score (nSPS) is 17.7. The van der Waals surface area contributed by atoms with Gasteiger partial charge in [0.2, 0.25) is 0 Å². The van der Waals surface area contributed by atoms with Gasteiger partial charge in [-0.25, -0.2) is 4.39 Å². The second-order valence-electron chi connectivity index (χ2n) is 5.56. The van der Waals surface area contributed by atoms with E-state index in [0.717, 1.165) is 42.9 Å². The smallest absolute Gasteiger partial charge is 0.407 e. The molecule has 128 valence electrons. The van der Waals surface area contributed by atoms with Gasteiger partial charge in [-0.1, -0.05) is 12.1 Å². The lowest BCUT2D eigenvalue weighted by atomic mass is 10.1. The van der Waals surface area contributed by atoms with E-state index in [2.05, 4.69) is 5.32 Å². The number of carbonyl (C=O) groups is 1. The first-order chi connectivity index (χ1) is 10.8. The van der Waals surface area contributed by atoms with Crippen molar-refractivity contribution in [3.63, 3.8) is 0 Å². The van der Waals surface area contributed by atoms with Crippen molar-refractivity contribution in [1.82, 2.24) is 5.32 Å². The third-order valence-corrected chi connectivity index (χ3v) is 4.81. The lowest BCUT2D eigenvalue weighted by Gasteiger charge is -2.25. The first-order valence-electron chi connectivity index (χ1n) is 7.16. The zero-order valence-corrected chi connectivity index (χ0v) is 13.0. The van der Waals surface area contributed by atoms with Crippen molar-refractivity contribution in [1.29, 1.82) is 0 Å². The molecule has 0 radical (unpaired) electrons. The fourth-order valence-corrected chi connectivity index (χ4v) is 3.34. The summed E-state index contributed by atoms with van der Waals surface area (Å²) in [5.74, 6) is -0.600. The fourth-order valence-electron chi connectivity index (χ4n) is 2.06. The van der Waals surface area contributed by atoms with Crippen LogP contribution in [0.3, 0.4) is 0 Å². The van der Waals surface area contributed by atoms with E-state index in [9.17, 15) is 22.4 Å². The molecule has 2 N–H and O–H groups in total. The minimum atomic E-state index is -4.67. The van der Waals surface area contributed by atoms with Crippen LogP contribution in [0.1, 0.15) is 24.4 Å². The van der Waals surface area contributed by atoms with Crippen LogP contribution >= 0.6 is 11.8 Å². The number of hydrogen-bond donors (Lipinski definition) is 2. The number of carboxylic acid groups (broad SMARTS) is 1. The van der Waals surface area contributed by atoms with Gasteiger partial charge in [-0.3, -0.25) is 10.1 Å². The third kappa shape index (κ3) is 5.69. The van der Waals surface area contributed by atoms with E-state index in [1.54, 1.807) is 0 Å². The Morgan fingerprint density at radius 3 is 2.39 bits per heavy atom. The summed E-state index contributed by atoms with van der Waals surface area (Å²) in [4.78, 5) is 11.2. The second-order valence-corrected chi connectivity index (χ2v) is 6.64. The Bertz CT molecular complexity index is 531. The molecule has 3 nitrogen and oxygen atoms in total. The number of alkyl halides is 3. The van der Waals surface area contributed by atoms with Crippen LogP contribution < -0.4 is 5.32 Å². The lowest BCUT2D eigenvalue weighted by Crippen LogP contribution is -2.46. The Balaban J connectivity index is 2.06. The summed E-state index contributed by atoms with van der Waals surface area (Å²) in [7, 11) is 0. The summed E-state index contributed by atoms with van der Waals surface area (Å²) >= 11 is 1.34. The summed E-state index contributed by atoms with van der Waals surface area (Å²) in [6.45, 7) is 0. The molecule has 1 saturated carbocycles. The molecular weight excluding hydrogens is 334 g/mol. The van der Waals surface area contributed by atoms with Gasteiger partial charge in [-0.05, 0) is 42.2 Å². The van der Waals surface area contributed by atoms with Crippen LogP contribution in [-0.2, 0) is 4.79 Å². The highest BCUT2D eigenvalue weighted by Crippen LogP contribution is 2.35. The van der Waals surface area contributed by atoms with E-state index < -0.39 is 30.0 Å². The Morgan fingerprint density at radius 1 is 1.30 bits per heavy atom. The summed E-state index contributed by atoms with van der Waals surface area (Å²) < 4.78 is 52.6. The van der Waals surface area contributed by atoms with Gasteiger partial charge in [0.15, 0.2) is 0 Å². The van der Waals surface area contributed by atoms with Crippen LogP contribution in [0.25, 0.3) is 0 Å². The van der Waals surface area contributed by atoms with E-state index in [1.807, 2.05) is 0 Å². The lowest BCUT2D eigenvalue weighted by molar-refractivity contribution is -0.162. The van der Waals surface area contributed by atoms with Gasteiger partial charge in [0, 0.05) is 5.75 Å². The molecule has 23 heavy (non-hydrogen) atoms. The number of thioether (sulfide) groups is 1. The van der Waals surface area contributed by atoms with Gasteiger partial charge in [0.05, 0.1) is 0 Å². The number of carboxylic acids is 1. The minimum Gasteiger partial charge on any atom is -0.480 e. The van der Waals surface area contributed by atoms with Crippen molar-refractivity contribution in [2.24, 2.45) is 5.92 Å². The maximum absolute atomic E-state index is 13.2. The Kier molecular flexibility index (Phi) is 5.91. The van der Waals surface area contributed by atoms with Gasteiger partial charge in [0.25, 0.3) is 0 Å².